The molecule has 0 radical (unpaired) electrons. The number of thioether (sulfide) groups is 1. The van der Waals surface area contributed by atoms with Crippen LogP contribution in [0.4, 0.5) is 0 Å². The molecule has 1 aromatic rings. The second kappa shape index (κ2) is 5.25. The lowest BCUT2D eigenvalue weighted by Gasteiger charge is -2.03. The fraction of sp³-hybridized carbons (Fsp3) is 0.333. The lowest BCUT2D eigenvalue weighted by molar-refractivity contribution is 0.977. The highest BCUT2D eigenvalue weighted by Gasteiger charge is 2.06. The van der Waals surface area contributed by atoms with Gasteiger partial charge in [0.15, 0.2) is 0 Å². The van der Waals surface area contributed by atoms with Crippen LogP contribution >= 0.6 is 27.7 Å². The maximum absolute atomic E-state index is 8.73. The van der Waals surface area contributed by atoms with Crippen molar-refractivity contribution >= 4 is 27.7 Å². The van der Waals surface area contributed by atoms with Gasteiger partial charge in [-0.1, -0.05) is 18.7 Å². The number of aromatic nitrogens is 1. The summed E-state index contributed by atoms with van der Waals surface area (Å²) < 4.78 is 0.960. The molecular formula is C9H9BrN2S. The van der Waals surface area contributed by atoms with Gasteiger partial charge in [0.05, 0.1) is 16.3 Å². The van der Waals surface area contributed by atoms with Gasteiger partial charge in [-0.2, -0.15) is 5.26 Å². The molecule has 0 bridgehead atoms. The van der Waals surface area contributed by atoms with Crippen LogP contribution in [0, 0.1) is 11.3 Å². The van der Waals surface area contributed by atoms with Gasteiger partial charge in [-0.25, -0.2) is 4.98 Å². The monoisotopic (exact) mass is 256 g/mol. The second-order valence-electron chi connectivity index (χ2n) is 2.46. The molecule has 0 aliphatic carbocycles. The third-order valence-electron chi connectivity index (χ3n) is 1.48. The average Bonchev–Trinajstić information content (AvgIpc) is 2.17. The Morgan fingerprint density at radius 1 is 1.69 bits per heavy atom. The van der Waals surface area contributed by atoms with Crippen molar-refractivity contribution in [3.05, 3.63) is 22.8 Å². The van der Waals surface area contributed by atoms with Crippen molar-refractivity contribution in [3.63, 3.8) is 0 Å². The molecule has 0 fully saturated rings. The van der Waals surface area contributed by atoms with Gasteiger partial charge in [0.1, 0.15) is 0 Å². The standard InChI is InChI=1S/C9H9BrN2S/c1-2-8(5-11)13-9-4-3-7(10)6-12-9/h3-4,6,8H,2H2,1H3. The van der Waals surface area contributed by atoms with Crippen LogP contribution in [-0.2, 0) is 0 Å². The summed E-state index contributed by atoms with van der Waals surface area (Å²) in [5, 5.41) is 9.64. The number of hydrogen-bond donors (Lipinski definition) is 0. The first-order chi connectivity index (χ1) is 6.26. The molecule has 1 aromatic heterocycles. The lowest BCUT2D eigenvalue weighted by Crippen LogP contribution is -1.95. The smallest absolute Gasteiger partial charge is 0.0975 e. The number of rotatable bonds is 3. The van der Waals surface area contributed by atoms with Crippen LogP contribution in [0.2, 0.25) is 0 Å². The molecule has 1 unspecified atom stereocenters. The van der Waals surface area contributed by atoms with Gasteiger partial charge in [0.2, 0.25) is 0 Å². The molecule has 0 aliphatic heterocycles. The molecule has 1 heterocycles. The minimum absolute atomic E-state index is 0.00803. The Morgan fingerprint density at radius 3 is 2.92 bits per heavy atom. The van der Waals surface area contributed by atoms with Crippen molar-refractivity contribution in [2.24, 2.45) is 0 Å². The number of pyridine rings is 1. The molecule has 0 saturated carbocycles. The van der Waals surface area contributed by atoms with Crippen LogP contribution in [0.1, 0.15) is 13.3 Å². The number of hydrogen-bond acceptors (Lipinski definition) is 3. The van der Waals surface area contributed by atoms with E-state index in [0.717, 1.165) is 15.9 Å². The maximum Gasteiger partial charge on any atom is 0.0975 e. The minimum atomic E-state index is 0.00803. The molecular weight excluding hydrogens is 248 g/mol. The van der Waals surface area contributed by atoms with Gasteiger partial charge < -0.3 is 0 Å². The lowest BCUT2D eigenvalue weighted by atomic mass is 10.4. The predicted octanol–water partition coefficient (Wildman–Crippen LogP) is 3.24. The van der Waals surface area contributed by atoms with Crippen molar-refractivity contribution in [2.75, 3.05) is 0 Å². The van der Waals surface area contributed by atoms with E-state index in [9.17, 15) is 0 Å². The van der Waals surface area contributed by atoms with Crippen LogP contribution in [0.3, 0.4) is 0 Å². The highest BCUT2D eigenvalue weighted by molar-refractivity contribution is 9.10. The van der Waals surface area contributed by atoms with E-state index in [1.165, 1.54) is 11.8 Å². The third-order valence-corrected chi connectivity index (χ3v) is 3.15. The number of halogens is 1. The molecule has 1 atom stereocenters. The van der Waals surface area contributed by atoms with Gasteiger partial charge in [-0.15, -0.1) is 0 Å². The zero-order chi connectivity index (χ0) is 9.68. The van der Waals surface area contributed by atoms with Crippen LogP contribution in [0.15, 0.2) is 27.8 Å². The quantitative estimate of drug-likeness (QED) is 0.780. The van der Waals surface area contributed by atoms with Crippen molar-refractivity contribution in [1.29, 1.82) is 5.26 Å². The summed E-state index contributed by atoms with van der Waals surface area (Å²) in [6, 6.07) is 6.07. The number of nitriles is 1. The topological polar surface area (TPSA) is 36.7 Å². The maximum atomic E-state index is 8.73. The van der Waals surface area contributed by atoms with Crippen molar-refractivity contribution < 1.29 is 0 Å². The van der Waals surface area contributed by atoms with E-state index in [1.54, 1.807) is 6.20 Å². The van der Waals surface area contributed by atoms with Gasteiger partial charge in [-0.3, -0.25) is 0 Å². The Balaban J connectivity index is 2.64. The van der Waals surface area contributed by atoms with Gasteiger partial charge in [0, 0.05) is 10.7 Å². The normalized spacial score (nSPS) is 12.1. The summed E-state index contributed by atoms with van der Waals surface area (Å²) in [6.45, 7) is 2.00. The molecule has 0 saturated heterocycles. The first kappa shape index (κ1) is 10.6. The summed E-state index contributed by atoms with van der Waals surface area (Å²) in [5.41, 5.74) is 0. The average molecular weight is 257 g/mol. The molecule has 0 N–H and O–H groups in total. The minimum Gasteiger partial charge on any atom is -0.249 e. The van der Waals surface area contributed by atoms with Crippen LogP contribution in [0.25, 0.3) is 0 Å². The van der Waals surface area contributed by atoms with Crippen molar-refractivity contribution in [2.45, 2.75) is 23.6 Å². The Labute approximate surface area is 90.5 Å². The Morgan fingerprint density at radius 2 is 2.46 bits per heavy atom. The van der Waals surface area contributed by atoms with E-state index in [1.807, 2.05) is 19.1 Å². The van der Waals surface area contributed by atoms with Gasteiger partial charge in [-0.05, 0) is 34.5 Å². The van der Waals surface area contributed by atoms with Crippen LogP contribution in [0.5, 0.6) is 0 Å². The Kier molecular flexibility index (Phi) is 4.26. The van der Waals surface area contributed by atoms with E-state index in [4.69, 9.17) is 5.26 Å². The first-order valence-electron chi connectivity index (χ1n) is 3.94. The van der Waals surface area contributed by atoms with E-state index in [-0.39, 0.29) is 5.25 Å². The molecule has 2 nitrogen and oxygen atoms in total. The summed E-state index contributed by atoms with van der Waals surface area (Å²) in [6.07, 6.45) is 2.59. The highest BCUT2D eigenvalue weighted by Crippen LogP contribution is 2.23. The van der Waals surface area contributed by atoms with Gasteiger partial charge >= 0.3 is 0 Å². The Hall–Kier alpha value is -0.530. The number of nitrogens with zero attached hydrogens (tertiary/aromatic N) is 2. The molecule has 0 aliphatic rings. The van der Waals surface area contributed by atoms with E-state index >= 15 is 0 Å². The largest absolute Gasteiger partial charge is 0.249 e. The van der Waals surface area contributed by atoms with Crippen molar-refractivity contribution in [3.8, 4) is 6.07 Å². The van der Waals surface area contributed by atoms with E-state index < -0.39 is 0 Å². The van der Waals surface area contributed by atoms with E-state index in [0.29, 0.717) is 0 Å². The zero-order valence-corrected chi connectivity index (χ0v) is 9.60. The second-order valence-corrected chi connectivity index (χ2v) is 4.60. The first-order valence-corrected chi connectivity index (χ1v) is 5.61. The van der Waals surface area contributed by atoms with E-state index in [2.05, 4.69) is 27.0 Å². The zero-order valence-electron chi connectivity index (χ0n) is 7.20. The summed E-state index contributed by atoms with van der Waals surface area (Å²) in [5.74, 6) is 0. The molecule has 13 heavy (non-hydrogen) atoms. The molecule has 68 valence electrons. The van der Waals surface area contributed by atoms with Crippen LogP contribution < -0.4 is 0 Å². The van der Waals surface area contributed by atoms with Crippen LogP contribution in [-0.4, -0.2) is 10.2 Å². The predicted molar refractivity (Wildman–Crippen MR) is 57.5 cm³/mol. The Bertz CT molecular complexity index is 304. The summed E-state index contributed by atoms with van der Waals surface area (Å²) >= 11 is 4.81. The molecule has 0 spiro atoms. The third kappa shape index (κ3) is 3.37. The molecule has 0 amide bonds. The fourth-order valence-corrected chi connectivity index (χ4v) is 1.78. The van der Waals surface area contributed by atoms with Crippen molar-refractivity contribution in [1.82, 2.24) is 4.98 Å². The highest BCUT2D eigenvalue weighted by atomic mass is 79.9. The molecule has 1 rings (SSSR count). The molecule has 0 aromatic carbocycles. The summed E-state index contributed by atoms with van der Waals surface area (Å²) in [7, 11) is 0. The molecule has 4 heteroatoms. The van der Waals surface area contributed by atoms with Gasteiger partial charge in [0.25, 0.3) is 0 Å². The summed E-state index contributed by atoms with van der Waals surface area (Å²) in [4.78, 5) is 4.18. The SMILES string of the molecule is CCC(C#N)Sc1ccc(Br)cn1. The fourth-order valence-electron chi connectivity index (χ4n) is 0.779.